The molecule has 2 aliphatic rings. The highest BCUT2D eigenvalue weighted by molar-refractivity contribution is 8.00. The van der Waals surface area contributed by atoms with E-state index in [9.17, 15) is 9.59 Å². The maximum atomic E-state index is 13.7. The number of β-lactam (4-membered cyclic amide) rings is 1. The van der Waals surface area contributed by atoms with Crippen LogP contribution in [0.15, 0.2) is 83.5 Å². The number of carbonyl (C=O) groups excluding carboxylic acids is 2. The number of aromatic nitrogens is 1. The average Bonchev–Trinajstić information content (AvgIpc) is 3.30. The van der Waals surface area contributed by atoms with E-state index >= 15 is 0 Å². The fourth-order valence-electron chi connectivity index (χ4n) is 4.05. The highest BCUT2D eigenvalue weighted by Gasteiger charge is 2.52. The molecule has 8 heteroatoms. The largest absolute Gasteiger partial charge is 0.448 e. The lowest BCUT2D eigenvalue weighted by Gasteiger charge is -2.48. The molecule has 0 radical (unpaired) electrons. The van der Waals surface area contributed by atoms with Crippen molar-refractivity contribution in [1.82, 2.24) is 9.88 Å². The van der Waals surface area contributed by atoms with E-state index in [-0.39, 0.29) is 17.0 Å². The SMILES string of the molecule is Cc1ncsc1C=CC1=C(C(=O)OC(c2ccccc2)c2ccccc2)N2C(=O)C(N)C2SC1. The molecule has 2 aromatic carbocycles. The van der Waals surface area contributed by atoms with E-state index in [1.165, 1.54) is 16.2 Å². The van der Waals surface area contributed by atoms with E-state index < -0.39 is 18.1 Å². The molecule has 1 fully saturated rings. The first-order valence-electron chi connectivity index (χ1n) is 10.9. The van der Waals surface area contributed by atoms with Crippen LogP contribution in [0.25, 0.3) is 6.08 Å². The number of thioether (sulfide) groups is 1. The smallest absolute Gasteiger partial charge is 0.356 e. The zero-order valence-corrected chi connectivity index (χ0v) is 20.1. The van der Waals surface area contributed by atoms with Gasteiger partial charge >= 0.3 is 5.97 Å². The van der Waals surface area contributed by atoms with Gasteiger partial charge in [-0.3, -0.25) is 9.69 Å². The van der Waals surface area contributed by atoms with Crippen molar-refractivity contribution in [3.05, 3.63) is 105 Å². The second kappa shape index (κ2) is 9.58. The molecule has 1 saturated heterocycles. The number of nitrogens with zero attached hydrogens (tertiary/aromatic N) is 2. The summed E-state index contributed by atoms with van der Waals surface area (Å²) in [5, 5.41) is -0.260. The van der Waals surface area contributed by atoms with Gasteiger partial charge in [0.2, 0.25) is 5.91 Å². The van der Waals surface area contributed by atoms with Crippen LogP contribution in [-0.4, -0.2) is 38.9 Å². The summed E-state index contributed by atoms with van der Waals surface area (Å²) < 4.78 is 6.10. The van der Waals surface area contributed by atoms with Gasteiger partial charge in [0.05, 0.1) is 11.2 Å². The fraction of sp³-hybridized carbons (Fsp3) is 0.192. The molecular weight excluding hydrogens is 466 g/mol. The number of thiazole rings is 1. The number of hydrogen-bond acceptors (Lipinski definition) is 7. The van der Waals surface area contributed by atoms with Crippen LogP contribution in [0.1, 0.15) is 27.8 Å². The molecule has 1 aromatic heterocycles. The standard InChI is InChI=1S/C26H23N3O3S2/c1-16-20(34-15-28-16)13-12-19-14-33-25-21(27)24(30)29(25)22(19)26(31)32-23(17-8-4-2-5-9-17)18-10-6-3-7-11-18/h2-13,15,21,23,25H,14,27H2,1H3. The lowest BCUT2D eigenvalue weighted by atomic mass is 10.0. The Labute approximate surface area is 206 Å². The molecule has 1 amide bonds. The minimum absolute atomic E-state index is 0.260. The molecule has 2 unspecified atom stereocenters. The highest BCUT2D eigenvalue weighted by atomic mass is 32.2. The second-order valence-corrected chi connectivity index (χ2v) is 10.0. The molecule has 0 spiro atoms. The molecule has 34 heavy (non-hydrogen) atoms. The Morgan fingerprint density at radius 2 is 1.76 bits per heavy atom. The van der Waals surface area contributed by atoms with Crippen molar-refractivity contribution in [2.24, 2.45) is 5.73 Å². The van der Waals surface area contributed by atoms with Gasteiger partial charge in [-0.2, -0.15) is 0 Å². The summed E-state index contributed by atoms with van der Waals surface area (Å²) in [6.07, 6.45) is 3.22. The Morgan fingerprint density at radius 3 is 2.35 bits per heavy atom. The number of carbonyl (C=O) groups is 2. The topological polar surface area (TPSA) is 85.5 Å². The van der Waals surface area contributed by atoms with Gasteiger partial charge in [0.1, 0.15) is 17.1 Å². The number of allylic oxidation sites excluding steroid dienone is 1. The summed E-state index contributed by atoms with van der Waals surface area (Å²) in [7, 11) is 0. The van der Waals surface area contributed by atoms with Gasteiger partial charge in [0.15, 0.2) is 6.10 Å². The predicted molar refractivity (Wildman–Crippen MR) is 135 cm³/mol. The summed E-state index contributed by atoms with van der Waals surface area (Å²) in [4.78, 5) is 33.1. The Hall–Kier alpha value is -3.20. The third kappa shape index (κ3) is 4.20. The van der Waals surface area contributed by atoms with Crippen LogP contribution in [0.4, 0.5) is 0 Å². The van der Waals surface area contributed by atoms with Crippen molar-refractivity contribution in [2.45, 2.75) is 24.4 Å². The predicted octanol–water partition coefficient (Wildman–Crippen LogP) is 4.29. The van der Waals surface area contributed by atoms with Gasteiger partial charge in [-0.1, -0.05) is 66.7 Å². The van der Waals surface area contributed by atoms with Crippen molar-refractivity contribution >= 4 is 41.1 Å². The van der Waals surface area contributed by atoms with Crippen molar-refractivity contribution in [3.8, 4) is 0 Å². The first kappa shape index (κ1) is 22.6. The van der Waals surface area contributed by atoms with Gasteiger partial charge in [-0.05, 0) is 29.7 Å². The molecule has 2 N–H and O–H groups in total. The van der Waals surface area contributed by atoms with Crippen LogP contribution in [0.3, 0.4) is 0 Å². The number of fused-ring (bicyclic) bond motifs is 1. The Morgan fingerprint density at radius 1 is 1.12 bits per heavy atom. The van der Waals surface area contributed by atoms with Gasteiger partial charge in [0.25, 0.3) is 0 Å². The zero-order valence-electron chi connectivity index (χ0n) is 18.5. The van der Waals surface area contributed by atoms with E-state index in [0.717, 1.165) is 27.3 Å². The van der Waals surface area contributed by atoms with Gasteiger partial charge in [0, 0.05) is 10.6 Å². The van der Waals surface area contributed by atoms with Crippen LogP contribution in [-0.2, 0) is 14.3 Å². The first-order chi connectivity index (χ1) is 16.5. The molecule has 5 rings (SSSR count). The highest BCUT2D eigenvalue weighted by Crippen LogP contribution is 2.41. The van der Waals surface area contributed by atoms with Crippen LogP contribution in [0, 0.1) is 6.92 Å². The number of ether oxygens (including phenoxy) is 1. The summed E-state index contributed by atoms with van der Waals surface area (Å²) in [6, 6.07) is 18.6. The number of rotatable bonds is 6. The van der Waals surface area contributed by atoms with Gasteiger partial charge < -0.3 is 10.5 Å². The summed E-state index contributed by atoms with van der Waals surface area (Å²) in [6.45, 7) is 1.94. The van der Waals surface area contributed by atoms with Crippen LogP contribution >= 0.6 is 23.1 Å². The lowest BCUT2D eigenvalue weighted by Crippen LogP contribution is -2.68. The minimum Gasteiger partial charge on any atom is -0.448 e. The summed E-state index contributed by atoms with van der Waals surface area (Å²) in [5.41, 5.74) is 11.4. The van der Waals surface area contributed by atoms with Crippen LogP contribution < -0.4 is 5.73 Å². The molecule has 6 nitrogen and oxygen atoms in total. The second-order valence-electron chi connectivity index (χ2n) is 8.05. The maximum Gasteiger partial charge on any atom is 0.356 e. The lowest BCUT2D eigenvalue weighted by molar-refractivity contribution is -0.153. The summed E-state index contributed by atoms with van der Waals surface area (Å²) >= 11 is 3.08. The first-order valence-corrected chi connectivity index (χ1v) is 12.8. The molecular formula is C26H23N3O3S2. The molecule has 0 saturated carbocycles. The van der Waals surface area contributed by atoms with E-state index in [1.54, 1.807) is 17.3 Å². The summed E-state index contributed by atoms with van der Waals surface area (Å²) in [5.74, 6) is -0.244. The Balaban J connectivity index is 1.52. The van der Waals surface area contributed by atoms with Crippen LogP contribution in [0.5, 0.6) is 0 Å². The average molecular weight is 490 g/mol. The van der Waals surface area contributed by atoms with Crippen molar-refractivity contribution < 1.29 is 14.3 Å². The fourth-order valence-corrected chi connectivity index (χ4v) is 6.01. The zero-order chi connectivity index (χ0) is 23.7. The Bertz CT molecular complexity index is 1230. The number of benzene rings is 2. The number of aryl methyl sites for hydroxylation is 1. The van der Waals surface area contributed by atoms with Gasteiger partial charge in [-0.25, -0.2) is 9.78 Å². The monoisotopic (exact) mass is 489 g/mol. The third-order valence-corrected chi connectivity index (χ3v) is 8.10. The number of nitrogens with two attached hydrogens (primary N) is 1. The molecule has 172 valence electrons. The van der Waals surface area contributed by atoms with Gasteiger partial charge in [-0.15, -0.1) is 23.1 Å². The molecule has 3 heterocycles. The molecule has 0 aliphatic carbocycles. The van der Waals surface area contributed by atoms with Crippen molar-refractivity contribution in [1.29, 1.82) is 0 Å². The van der Waals surface area contributed by atoms with Crippen LogP contribution in [0.2, 0.25) is 0 Å². The molecule has 2 atom stereocenters. The van der Waals surface area contributed by atoms with E-state index in [2.05, 4.69) is 4.98 Å². The van der Waals surface area contributed by atoms with E-state index in [0.29, 0.717) is 5.75 Å². The number of esters is 1. The van der Waals surface area contributed by atoms with E-state index in [4.69, 9.17) is 10.5 Å². The molecule has 3 aromatic rings. The van der Waals surface area contributed by atoms with Crippen molar-refractivity contribution in [2.75, 3.05) is 5.75 Å². The normalized spacial score (nSPS) is 20.0. The third-order valence-electron chi connectivity index (χ3n) is 5.88. The molecule has 2 aliphatic heterocycles. The van der Waals surface area contributed by atoms with Crippen molar-refractivity contribution in [3.63, 3.8) is 0 Å². The van der Waals surface area contributed by atoms with E-state index in [1.807, 2.05) is 79.7 Å². The minimum atomic E-state index is -0.610. The maximum absolute atomic E-state index is 13.7. The number of amides is 1. The number of hydrogen-bond donors (Lipinski definition) is 1. The molecule has 0 bridgehead atoms. The Kier molecular flexibility index (Phi) is 6.36. The quantitative estimate of drug-likeness (QED) is 0.411.